The Morgan fingerprint density at radius 3 is 1.33 bits per heavy atom. The van der Waals surface area contributed by atoms with Crippen LogP contribution in [0.4, 0.5) is 11.4 Å². The Morgan fingerprint density at radius 1 is 0.674 bits per heavy atom. The Hall–Kier alpha value is -1.18. The molecule has 4 aromatic rings. The molecule has 2 aliphatic rings. The van der Waals surface area contributed by atoms with Crippen molar-refractivity contribution < 1.29 is 19.8 Å². The highest BCUT2D eigenvalue weighted by Crippen LogP contribution is 2.43. The van der Waals surface area contributed by atoms with E-state index in [1.54, 1.807) is 34.1 Å². The second-order valence-electron chi connectivity index (χ2n) is 11.0. The zero-order chi connectivity index (χ0) is 33.1. The van der Waals surface area contributed by atoms with E-state index in [-0.39, 0.29) is 23.7 Å². The zero-order valence-electron chi connectivity index (χ0n) is 24.0. The van der Waals surface area contributed by atoms with Gasteiger partial charge in [0, 0.05) is 56.5 Å². The Labute approximate surface area is 312 Å². The van der Waals surface area contributed by atoms with Crippen LogP contribution in [-0.2, 0) is 9.59 Å². The number of nitrogens with zero attached hydrogens (tertiary/aromatic N) is 2. The minimum Gasteiger partial charge on any atom is -0.387 e. The normalized spacial score (nSPS) is 19.9. The molecule has 2 aromatic heterocycles. The summed E-state index contributed by atoms with van der Waals surface area (Å²) < 4.78 is 1.52. The van der Waals surface area contributed by atoms with Gasteiger partial charge in [-0.3, -0.25) is 9.59 Å². The molecule has 4 atom stereocenters. The van der Waals surface area contributed by atoms with Crippen LogP contribution in [0.2, 0.25) is 20.1 Å². The maximum Gasteiger partial charge on any atom is 0.227 e. The van der Waals surface area contributed by atoms with E-state index in [0.717, 1.165) is 18.7 Å². The highest BCUT2D eigenvalue weighted by molar-refractivity contribution is 9.10. The first-order valence-corrected chi connectivity index (χ1v) is 19.1. The lowest BCUT2D eigenvalue weighted by molar-refractivity contribution is -0.121. The van der Waals surface area contributed by atoms with E-state index in [1.165, 1.54) is 22.7 Å². The van der Waals surface area contributed by atoms with Crippen LogP contribution in [0.25, 0.3) is 0 Å². The second kappa shape index (κ2) is 16.0. The van der Waals surface area contributed by atoms with Gasteiger partial charge in [0.1, 0.15) is 0 Å². The molecule has 0 bridgehead atoms. The second-order valence-corrected chi connectivity index (χ2v) is 16.4. The molecule has 6 nitrogen and oxygen atoms in total. The number of benzene rings is 2. The van der Waals surface area contributed by atoms with Crippen LogP contribution >= 0.6 is 101 Å². The molecule has 14 heteroatoms. The summed E-state index contributed by atoms with van der Waals surface area (Å²) in [4.78, 5) is 29.7. The number of hydrogen-bond acceptors (Lipinski definition) is 6. The molecule has 46 heavy (non-hydrogen) atoms. The maximum absolute atomic E-state index is 12.4. The predicted octanol–water partition coefficient (Wildman–Crippen LogP) is 10.6. The van der Waals surface area contributed by atoms with Crippen LogP contribution in [-0.4, -0.2) is 35.1 Å². The van der Waals surface area contributed by atoms with Gasteiger partial charge in [-0.1, -0.05) is 90.4 Å². The fourth-order valence-corrected chi connectivity index (χ4v) is 10.1. The molecule has 0 radical (unpaired) electrons. The van der Waals surface area contributed by atoms with Gasteiger partial charge in [-0.2, -0.15) is 0 Å². The van der Waals surface area contributed by atoms with Crippen LogP contribution in [0.1, 0.15) is 47.6 Å². The standard InChI is InChI=1S/2C16H14BrCl2NO2S/c2*17-10-6-11(18)15(12(19)7-10)20-8-9(3-4-14(20)21)16(22)13-2-1-5-23-13/h2*1-2,5-7,9,16,22H,3-4,8H2. The van der Waals surface area contributed by atoms with E-state index < -0.39 is 12.2 Å². The fraction of sp³-hybridized carbons (Fsp3) is 0.312. The van der Waals surface area contributed by atoms with Crippen molar-refractivity contribution in [3.8, 4) is 0 Å². The maximum atomic E-state index is 12.4. The van der Waals surface area contributed by atoms with Crippen molar-refractivity contribution in [2.75, 3.05) is 22.9 Å². The molecule has 2 saturated heterocycles. The van der Waals surface area contributed by atoms with E-state index in [0.29, 0.717) is 70.2 Å². The van der Waals surface area contributed by atoms with Crippen molar-refractivity contribution in [2.24, 2.45) is 11.8 Å². The highest BCUT2D eigenvalue weighted by atomic mass is 79.9. The number of hydrogen-bond donors (Lipinski definition) is 2. The number of carbonyl (C=O) groups excluding carboxylic acids is 2. The molecule has 244 valence electrons. The van der Waals surface area contributed by atoms with E-state index in [2.05, 4.69) is 31.9 Å². The number of rotatable bonds is 6. The van der Waals surface area contributed by atoms with Crippen molar-refractivity contribution in [3.63, 3.8) is 0 Å². The number of thiophene rings is 2. The fourth-order valence-electron chi connectivity index (χ4n) is 5.66. The SMILES string of the molecule is O=C1CCC(C(O)c2cccs2)CN1c1c(Cl)cc(Br)cc1Cl.O=C1CCC(C(O)c2cccs2)CN1c1c(Cl)cc(Br)cc1Cl. The summed E-state index contributed by atoms with van der Waals surface area (Å²) in [5, 5.41) is 26.7. The molecule has 2 fully saturated rings. The average molecular weight is 870 g/mol. The molecular formula is C32H28Br2Cl4N2O4S2. The monoisotopic (exact) mass is 866 g/mol. The molecule has 0 saturated carbocycles. The van der Waals surface area contributed by atoms with Gasteiger partial charge < -0.3 is 20.0 Å². The van der Waals surface area contributed by atoms with Crippen LogP contribution in [0.3, 0.4) is 0 Å². The Balaban J connectivity index is 0.000000181. The third-order valence-corrected chi connectivity index (χ3v) is 11.9. The van der Waals surface area contributed by atoms with Gasteiger partial charge in [0.15, 0.2) is 0 Å². The Kier molecular flexibility index (Phi) is 12.6. The van der Waals surface area contributed by atoms with Crippen molar-refractivity contribution >= 4 is 124 Å². The Bertz CT molecular complexity index is 1520. The van der Waals surface area contributed by atoms with Gasteiger partial charge in [-0.25, -0.2) is 0 Å². The molecule has 0 aliphatic carbocycles. The zero-order valence-corrected chi connectivity index (χ0v) is 31.8. The number of piperidine rings is 2. The summed E-state index contributed by atoms with van der Waals surface area (Å²) in [6.45, 7) is 0.804. The molecule has 2 aromatic carbocycles. The summed E-state index contributed by atoms with van der Waals surface area (Å²) in [5.41, 5.74) is 1.04. The number of halogens is 6. The third kappa shape index (κ3) is 8.33. The first-order chi connectivity index (χ1) is 21.9. The van der Waals surface area contributed by atoms with Gasteiger partial charge >= 0.3 is 0 Å². The summed E-state index contributed by atoms with van der Waals surface area (Å²) in [5.74, 6) is -0.124. The summed E-state index contributed by atoms with van der Waals surface area (Å²) >= 11 is 34.9. The lowest BCUT2D eigenvalue weighted by Crippen LogP contribution is -2.42. The molecule has 2 N–H and O–H groups in total. The first kappa shape index (κ1) is 36.1. The molecule has 6 rings (SSSR count). The lowest BCUT2D eigenvalue weighted by Gasteiger charge is -2.35. The van der Waals surface area contributed by atoms with Gasteiger partial charge in [0.25, 0.3) is 0 Å². The van der Waals surface area contributed by atoms with Crippen molar-refractivity contribution in [1.82, 2.24) is 0 Å². The van der Waals surface area contributed by atoms with Crippen LogP contribution in [0.15, 0.2) is 68.2 Å². The van der Waals surface area contributed by atoms with Gasteiger partial charge in [-0.05, 0) is 60.0 Å². The lowest BCUT2D eigenvalue weighted by atomic mass is 9.91. The predicted molar refractivity (Wildman–Crippen MR) is 197 cm³/mol. The topological polar surface area (TPSA) is 81.1 Å². The third-order valence-electron chi connectivity index (χ3n) is 7.96. The minimum atomic E-state index is -0.585. The molecule has 2 aliphatic heterocycles. The van der Waals surface area contributed by atoms with E-state index in [1.807, 2.05) is 35.0 Å². The van der Waals surface area contributed by atoms with Gasteiger partial charge in [0.2, 0.25) is 11.8 Å². The molecule has 4 unspecified atom stereocenters. The summed E-state index contributed by atoms with van der Waals surface area (Å²) in [7, 11) is 0. The van der Waals surface area contributed by atoms with E-state index in [4.69, 9.17) is 46.4 Å². The number of amides is 2. The molecular weight excluding hydrogens is 842 g/mol. The number of aliphatic hydroxyl groups excluding tert-OH is 2. The van der Waals surface area contributed by atoms with Gasteiger partial charge in [0.05, 0.1) is 43.7 Å². The van der Waals surface area contributed by atoms with Crippen molar-refractivity contribution in [3.05, 3.63) is 98.1 Å². The number of carbonyl (C=O) groups is 2. The average Bonchev–Trinajstić information content (AvgIpc) is 3.73. The summed E-state index contributed by atoms with van der Waals surface area (Å²) in [6, 6.07) is 14.5. The van der Waals surface area contributed by atoms with Crippen molar-refractivity contribution in [1.29, 1.82) is 0 Å². The van der Waals surface area contributed by atoms with Crippen LogP contribution < -0.4 is 9.80 Å². The van der Waals surface area contributed by atoms with Crippen LogP contribution in [0, 0.1) is 11.8 Å². The molecule has 0 spiro atoms. The number of aliphatic hydroxyl groups is 2. The highest BCUT2D eigenvalue weighted by Gasteiger charge is 2.35. The first-order valence-electron chi connectivity index (χ1n) is 14.3. The van der Waals surface area contributed by atoms with E-state index >= 15 is 0 Å². The van der Waals surface area contributed by atoms with Crippen molar-refractivity contribution in [2.45, 2.75) is 37.9 Å². The van der Waals surface area contributed by atoms with Gasteiger partial charge in [-0.15, -0.1) is 22.7 Å². The van der Waals surface area contributed by atoms with Crippen LogP contribution in [0.5, 0.6) is 0 Å². The molecule has 4 heterocycles. The number of anilines is 2. The summed E-state index contributed by atoms with van der Waals surface area (Å²) in [6.07, 6.45) is 0.878. The smallest absolute Gasteiger partial charge is 0.227 e. The van der Waals surface area contributed by atoms with E-state index in [9.17, 15) is 19.8 Å². The Morgan fingerprint density at radius 2 is 1.02 bits per heavy atom. The minimum absolute atomic E-state index is 0.0225. The largest absolute Gasteiger partial charge is 0.387 e. The quantitative estimate of drug-likeness (QED) is 0.202. The molecule has 2 amide bonds.